The summed E-state index contributed by atoms with van der Waals surface area (Å²) in [5.74, 6) is -1.42. The first kappa shape index (κ1) is 26.2. The number of benzene rings is 1. The Morgan fingerprint density at radius 3 is 2.44 bits per heavy atom. The normalized spacial score (nSPS) is 20.2. The van der Waals surface area contributed by atoms with Crippen LogP contribution in [0.3, 0.4) is 0 Å². The summed E-state index contributed by atoms with van der Waals surface area (Å²) in [5, 5.41) is 1.47. The van der Waals surface area contributed by atoms with Gasteiger partial charge in [0.25, 0.3) is 0 Å². The topological polar surface area (TPSA) is 104 Å². The van der Waals surface area contributed by atoms with Crippen LogP contribution in [0.25, 0.3) is 6.08 Å². The monoisotopic (exact) mass is 511 g/mol. The third-order valence-electron chi connectivity index (χ3n) is 6.19. The fraction of sp³-hybridized carbons (Fsp3) is 0.522. The summed E-state index contributed by atoms with van der Waals surface area (Å²) >= 11 is 5.87. The molecule has 1 aromatic carbocycles. The molecule has 2 heterocycles. The van der Waals surface area contributed by atoms with Gasteiger partial charge in [-0.25, -0.2) is 8.42 Å². The van der Waals surface area contributed by atoms with Crippen LogP contribution in [0.2, 0.25) is 5.02 Å². The SMILES string of the molecule is COC(=O)CN(C1CCN([C@@H](C)C(=O)N2CCCCC2)C1=O)S(=O)(=O)C=Cc1ccc(Cl)cc1. The molecule has 2 aliphatic heterocycles. The first-order chi connectivity index (χ1) is 16.1. The standard InChI is InChI=1S/C23H30ClN3O6S/c1-17(22(29)25-12-4-3-5-13-25)26-14-10-20(23(26)30)27(16-21(28)33-2)34(31,32)15-11-18-6-8-19(24)9-7-18/h6-9,11,15,17,20H,3-5,10,12-14,16H2,1-2H3/t17-,20?/m0/s1. The van der Waals surface area contributed by atoms with Crippen LogP contribution in [0.5, 0.6) is 0 Å². The molecular formula is C23H30ClN3O6S. The second-order valence-corrected chi connectivity index (χ2v) is 10.6. The first-order valence-electron chi connectivity index (χ1n) is 11.3. The molecule has 1 unspecified atom stereocenters. The van der Waals surface area contributed by atoms with Gasteiger partial charge in [0.2, 0.25) is 21.8 Å². The molecule has 0 spiro atoms. The van der Waals surface area contributed by atoms with Crippen molar-refractivity contribution in [3.8, 4) is 0 Å². The van der Waals surface area contributed by atoms with E-state index in [4.69, 9.17) is 11.6 Å². The van der Waals surface area contributed by atoms with Crippen molar-refractivity contribution in [2.24, 2.45) is 0 Å². The van der Waals surface area contributed by atoms with E-state index in [2.05, 4.69) is 4.74 Å². The number of hydrogen-bond acceptors (Lipinski definition) is 6. The van der Waals surface area contributed by atoms with Gasteiger partial charge in [-0.15, -0.1) is 0 Å². The predicted octanol–water partition coefficient (Wildman–Crippen LogP) is 2.12. The Hall–Kier alpha value is -2.43. The van der Waals surface area contributed by atoms with E-state index in [-0.39, 0.29) is 18.9 Å². The highest BCUT2D eigenvalue weighted by Crippen LogP contribution is 2.25. The molecule has 0 N–H and O–H groups in total. The zero-order valence-corrected chi connectivity index (χ0v) is 20.9. The molecule has 0 aliphatic carbocycles. The first-order valence-corrected chi connectivity index (χ1v) is 13.1. The lowest BCUT2D eigenvalue weighted by Crippen LogP contribution is -2.52. The average molecular weight is 512 g/mol. The Labute approximate surface area is 205 Å². The molecule has 186 valence electrons. The van der Waals surface area contributed by atoms with E-state index >= 15 is 0 Å². The minimum atomic E-state index is -4.17. The molecule has 2 saturated heterocycles. The van der Waals surface area contributed by atoms with Crippen LogP contribution in [-0.2, 0) is 29.1 Å². The second kappa shape index (κ2) is 11.3. The van der Waals surface area contributed by atoms with E-state index in [1.54, 1.807) is 36.1 Å². The Morgan fingerprint density at radius 1 is 1.18 bits per heavy atom. The lowest BCUT2D eigenvalue weighted by molar-refractivity contribution is -0.145. The highest BCUT2D eigenvalue weighted by Gasteiger charge is 2.44. The molecule has 2 atom stereocenters. The number of halogens is 1. The van der Waals surface area contributed by atoms with E-state index in [9.17, 15) is 22.8 Å². The number of esters is 1. The van der Waals surface area contributed by atoms with Gasteiger partial charge in [-0.1, -0.05) is 23.7 Å². The summed E-state index contributed by atoms with van der Waals surface area (Å²) < 4.78 is 31.9. The minimum absolute atomic E-state index is 0.140. The van der Waals surface area contributed by atoms with Gasteiger partial charge in [-0.3, -0.25) is 14.4 Å². The molecule has 1 aromatic rings. The number of hydrogen-bond donors (Lipinski definition) is 0. The van der Waals surface area contributed by atoms with Crippen molar-refractivity contribution < 1.29 is 27.5 Å². The summed E-state index contributed by atoms with van der Waals surface area (Å²) in [6.07, 6.45) is 4.48. The fourth-order valence-corrected chi connectivity index (χ4v) is 5.68. The Bertz CT molecular complexity index is 1040. The van der Waals surface area contributed by atoms with Gasteiger partial charge >= 0.3 is 5.97 Å². The number of rotatable bonds is 8. The van der Waals surface area contributed by atoms with E-state index in [0.717, 1.165) is 36.1 Å². The molecule has 0 aromatic heterocycles. The van der Waals surface area contributed by atoms with Crippen LogP contribution in [0.15, 0.2) is 29.7 Å². The summed E-state index contributed by atoms with van der Waals surface area (Å²) in [7, 11) is -3.01. The quantitative estimate of drug-likeness (QED) is 0.495. The summed E-state index contributed by atoms with van der Waals surface area (Å²) in [6, 6.07) is 4.74. The number of piperidine rings is 1. The molecule has 9 nitrogen and oxygen atoms in total. The number of methoxy groups -OCH3 is 1. The summed E-state index contributed by atoms with van der Waals surface area (Å²) in [4.78, 5) is 41.4. The second-order valence-electron chi connectivity index (χ2n) is 8.42. The van der Waals surface area contributed by atoms with Gasteiger partial charge in [-0.2, -0.15) is 4.31 Å². The highest BCUT2D eigenvalue weighted by atomic mass is 35.5. The maximum Gasteiger partial charge on any atom is 0.321 e. The number of carbonyl (C=O) groups excluding carboxylic acids is 3. The number of sulfonamides is 1. The van der Waals surface area contributed by atoms with Gasteiger partial charge in [0.15, 0.2) is 0 Å². The van der Waals surface area contributed by atoms with Gasteiger partial charge in [0, 0.05) is 30.1 Å². The summed E-state index contributed by atoms with van der Waals surface area (Å²) in [5.41, 5.74) is 0.589. The number of likely N-dealkylation sites (tertiary alicyclic amines) is 2. The molecule has 0 saturated carbocycles. The largest absolute Gasteiger partial charge is 0.468 e. The molecule has 3 rings (SSSR count). The van der Waals surface area contributed by atoms with Crippen molar-refractivity contribution in [3.63, 3.8) is 0 Å². The zero-order chi connectivity index (χ0) is 24.9. The number of ether oxygens (including phenoxy) is 1. The average Bonchev–Trinajstić information content (AvgIpc) is 3.22. The van der Waals surface area contributed by atoms with Crippen molar-refractivity contribution in [1.82, 2.24) is 14.1 Å². The van der Waals surface area contributed by atoms with Crippen molar-refractivity contribution in [2.45, 2.75) is 44.7 Å². The van der Waals surface area contributed by atoms with Crippen LogP contribution in [-0.4, -0.2) is 85.7 Å². The number of amides is 2. The van der Waals surface area contributed by atoms with Crippen molar-refractivity contribution in [1.29, 1.82) is 0 Å². The van der Waals surface area contributed by atoms with E-state index in [1.807, 2.05) is 0 Å². The molecule has 34 heavy (non-hydrogen) atoms. The lowest BCUT2D eigenvalue weighted by atomic mass is 10.1. The maximum atomic E-state index is 13.3. The van der Waals surface area contributed by atoms with E-state index in [0.29, 0.717) is 23.7 Å². The predicted molar refractivity (Wildman–Crippen MR) is 128 cm³/mol. The lowest BCUT2D eigenvalue weighted by Gasteiger charge is -2.33. The number of carbonyl (C=O) groups is 3. The molecule has 11 heteroatoms. The maximum absolute atomic E-state index is 13.3. The van der Waals surface area contributed by atoms with Crippen LogP contribution >= 0.6 is 11.6 Å². The third kappa shape index (κ3) is 6.17. The Balaban J connectivity index is 1.80. The van der Waals surface area contributed by atoms with Gasteiger partial charge in [-0.05, 0) is 56.4 Å². The minimum Gasteiger partial charge on any atom is -0.468 e. The van der Waals surface area contributed by atoms with Gasteiger partial charge in [0.1, 0.15) is 18.6 Å². The fourth-order valence-electron chi connectivity index (χ4n) is 4.24. The van der Waals surface area contributed by atoms with Gasteiger partial charge < -0.3 is 14.5 Å². The van der Waals surface area contributed by atoms with Crippen LogP contribution in [0.1, 0.15) is 38.2 Å². The van der Waals surface area contributed by atoms with Crippen molar-refractivity contribution in [2.75, 3.05) is 33.3 Å². The highest BCUT2D eigenvalue weighted by molar-refractivity contribution is 7.92. The molecule has 0 radical (unpaired) electrons. The zero-order valence-electron chi connectivity index (χ0n) is 19.4. The van der Waals surface area contributed by atoms with E-state index < -0.39 is 40.5 Å². The van der Waals surface area contributed by atoms with E-state index in [1.165, 1.54) is 11.0 Å². The smallest absolute Gasteiger partial charge is 0.321 e. The van der Waals surface area contributed by atoms with Crippen LogP contribution < -0.4 is 0 Å². The molecule has 0 bridgehead atoms. The van der Waals surface area contributed by atoms with Crippen LogP contribution in [0, 0.1) is 0 Å². The third-order valence-corrected chi connectivity index (χ3v) is 7.96. The molecule has 2 amide bonds. The number of nitrogens with zero attached hydrogens (tertiary/aromatic N) is 3. The van der Waals surface area contributed by atoms with Gasteiger partial charge in [0.05, 0.1) is 7.11 Å². The molecule has 2 fully saturated rings. The van der Waals surface area contributed by atoms with Crippen molar-refractivity contribution >= 4 is 45.5 Å². The molecule has 2 aliphatic rings. The van der Waals surface area contributed by atoms with Crippen LogP contribution in [0.4, 0.5) is 0 Å². The summed E-state index contributed by atoms with van der Waals surface area (Å²) in [6.45, 7) is 2.59. The Kier molecular flexibility index (Phi) is 8.72. The van der Waals surface area contributed by atoms with Crippen molar-refractivity contribution in [3.05, 3.63) is 40.3 Å². The Morgan fingerprint density at radius 2 is 1.82 bits per heavy atom. The molecular weight excluding hydrogens is 482 g/mol.